The molecule has 0 saturated heterocycles. The molecule has 1 aromatic rings. The number of rotatable bonds is 3. The first-order chi connectivity index (χ1) is 9.20. The number of hydrogen-bond acceptors (Lipinski definition) is 4. The molecule has 1 unspecified atom stereocenters. The van der Waals surface area contributed by atoms with Crippen molar-refractivity contribution in [3.05, 3.63) is 34.4 Å². The largest absolute Gasteiger partial charge is 0.490 e. The summed E-state index contributed by atoms with van der Waals surface area (Å²) in [6.45, 7) is 0.438. The zero-order chi connectivity index (χ0) is 13.2. The van der Waals surface area contributed by atoms with E-state index in [0.29, 0.717) is 13.0 Å². The third-order valence-electron chi connectivity index (χ3n) is 3.03. The van der Waals surface area contributed by atoms with Crippen LogP contribution in [0.5, 0.6) is 5.75 Å². The average Bonchev–Trinajstić information content (AvgIpc) is 2.82. The molecule has 0 aromatic heterocycles. The smallest absolute Gasteiger partial charge is 0.224 e. The van der Waals surface area contributed by atoms with Crippen molar-refractivity contribution >= 4 is 27.5 Å². The van der Waals surface area contributed by atoms with Crippen LogP contribution in [0.3, 0.4) is 0 Å². The van der Waals surface area contributed by atoms with Gasteiger partial charge in [-0.05, 0) is 52.2 Å². The van der Waals surface area contributed by atoms with Crippen LogP contribution in [0.1, 0.15) is 12.0 Å². The maximum atomic E-state index is 11.3. The molecule has 0 aliphatic carbocycles. The van der Waals surface area contributed by atoms with E-state index in [1.807, 2.05) is 24.3 Å². The summed E-state index contributed by atoms with van der Waals surface area (Å²) in [6, 6.07) is 5.70. The summed E-state index contributed by atoms with van der Waals surface area (Å²) >= 11 is 3.29. The van der Waals surface area contributed by atoms with Crippen molar-refractivity contribution in [2.24, 2.45) is 0 Å². The van der Waals surface area contributed by atoms with Crippen molar-refractivity contribution in [2.75, 3.05) is 11.9 Å². The third-order valence-corrected chi connectivity index (χ3v) is 3.45. The predicted octanol–water partition coefficient (Wildman–Crippen LogP) is 2.09. The molecule has 19 heavy (non-hydrogen) atoms. The lowest BCUT2D eigenvalue weighted by atomic mass is 10.0. The molecule has 1 atom stereocenters. The quantitative estimate of drug-likeness (QED) is 0.836. The van der Waals surface area contributed by atoms with E-state index in [1.54, 1.807) is 0 Å². The van der Waals surface area contributed by atoms with Gasteiger partial charge in [0.1, 0.15) is 23.1 Å². The first-order valence-electron chi connectivity index (χ1n) is 6.05. The van der Waals surface area contributed by atoms with Gasteiger partial charge in [0.15, 0.2) is 0 Å². The molecule has 2 aliphatic heterocycles. The lowest BCUT2D eigenvalue weighted by molar-refractivity contribution is -0.116. The predicted molar refractivity (Wildman–Crippen MR) is 73.9 cm³/mol. The normalized spacial score (nSPS) is 21.2. The first-order valence-corrected chi connectivity index (χ1v) is 6.84. The fraction of sp³-hybridized carbons (Fsp3) is 0.308. The van der Waals surface area contributed by atoms with Gasteiger partial charge >= 0.3 is 0 Å². The van der Waals surface area contributed by atoms with Gasteiger partial charge < -0.3 is 10.1 Å². The van der Waals surface area contributed by atoms with E-state index in [4.69, 9.17) is 9.57 Å². The van der Waals surface area contributed by atoms with Gasteiger partial charge in [0, 0.05) is 12.1 Å². The molecule has 3 rings (SSSR count). The Kier molecular flexibility index (Phi) is 3.44. The SMILES string of the molecule is O=C1CCc2cc(OCC3C=C(Br)NO3)ccc2N1. The summed E-state index contributed by atoms with van der Waals surface area (Å²) in [5, 5.41) is 2.85. The minimum absolute atomic E-state index is 0.0709. The van der Waals surface area contributed by atoms with Gasteiger partial charge in [-0.25, -0.2) is 0 Å². The molecule has 2 aliphatic rings. The fourth-order valence-corrected chi connectivity index (χ4v) is 2.46. The Balaban J connectivity index is 1.64. The molecule has 5 nitrogen and oxygen atoms in total. The topological polar surface area (TPSA) is 59.6 Å². The van der Waals surface area contributed by atoms with Gasteiger partial charge in [0.2, 0.25) is 5.91 Å². The molecular formula is C13H13BrN2O3. The minimum atomic E-state index is -0.106. The number of amides is 1. The molecule has 100 valence electrons. The zero-order valence-corrected chi connectivity index (χ0v) is 11.7. The van der Waals surface area contributed by atoms with Gasteiger partial charge in [0.05, 0.1) is 0 Å². The first kappa shape index (κ1) is 12.5. The Labute approximate surface area is 119 Å². The van der Waals surface area contributed by atoms with E-state index in [0.717, 1.165) is 28.0 Å². The van der Waals surface area contributed by atoms with Crippen molar-refractivity contribution in [2.45, 2.75) is 18.9 Å². The number of fused-ring (bicyclic) bond motifs is 1. The number of aryl methyl sites for hydroxylation is 1. The minimum Gasteiger partial charge on any atom is -0.490 e. The van der Waals surface area contributed by atoms with Crippen LogP contribution < -0.4 is 15.5 Å². The zero-order valence-electron chi connectivity index (χ0n) is 10.1. The Hall–Kier alpha value is -1.53. The fourth-order valence-electron chi connectivity index (χ4n) is 2.07. The Morgan fingerprint density at radius 1 is 1.42 bits per heavy atom. The van der Waals surface area contributed by atoms with E-state index in [1.165, 1.54) is 0 Å². The molecule has 0 saturated carbocycles. The van der Waals surface area contributed by atoms with Crippen LogP contribution in [0, 0.1) is 0 Å². The van der Waals surface area contributed by atoms with Crippen molar-refractivity contribution < 1.29 is 14.4 Å². The van der Waals surface area contributed by atoms with E-state index >= 15 is 0 Å². The summed E-state index contributed by atoms with van der Waals surface area (Å²) in [7, 11) is 0. The summed E-state index contributed by atoms with van der Waals surface area (Å²) < 4.78 is 6.50. The Bertz CT molecular complexity index is 545. The van der Waals surface area contributed by atoms with Crippen LogP contribution in [-0.4, -0.2) is 18.6 Å². The van der Waals surface area contributed by atoms with Crippen LogP contribution in [0.15, 0.2) is 28.9 Å². The number of ether oxygens (including phenoxy) is 1. The molecule has 1 aromatic carbocycles. The van der Waals surface area contributed by atoms with Crippen LogP contribution in [0.4, 0.5) is 5.69 Å². The second kappa shape index (κ2) is 5.22. The Morgan fingerprint density at radius 2 is 2.32 bits per heavy atom. The van der Waals surface area contributed by atoms with Crippen LogP contribution in [0.25, 0.3) is 0 Å². The molecule has 2 N–H and O–H groups in total. The maximum absolute atomic E-state index is 11.3. The molecule has 0 bridgehead atoms. The van der Waals surface area contributed by atoms with Crippen molar-refractivity contribution in [1.29, 1.82) is 0 Å². The third kappa shape index (κ3) is 2.90. The van der Waals surface area contributed by atoms with Crippen molar-refractivity contribution in [1.82, 2.24) is 5.48 Å². The standard InChI is InChI=1S/C13H13BrN2O3/c14-12-6-10(19-16-12)7-18-9-2-3-11-8(5-9)1-4-13(17)15-11/h2-3,5-6,10,16H,1,4,7H2,(H,15,17). The van der Waals surface area contributed by atoms with E-state index in [9.17, 15) is 4.79 Å². The highest BCUT2D eigenvalue weighted by molar-refractivity contribution is 9.11. The van der Waals surface area contributed by atoms with E-state index in [-0.39, 0.29) is 12.0 Å². The number of hydrogen-bond donors (Lipinski definition) is 2. The lowest BCUT2D eigenvalue weighted by Crippen LogP contribution is -2.20. The summed E-state index contributed by atoms with van der Waals surface area (Å²) in [5.74, 6) is 0.858. The molecule has 6 heteroatoms. The second-order valence-corrected chi connectivity index (χ2v) is 5.31. The van der Waals surface area contributed by atoms with E-state index in [2.05, 4.69) is 26.7 Å². The van der Waals surface area contributed by atoms with Crippen molar-refractivity contribution in [3.8, 4) is 5.75 Å². The summed E-state index contributed by atoms with van der Waals surface area (Å²) in [4.78, 5) is 16.5. The number of halogens is 1. The molecule has 0 fully saturated rings. The van der Waals surface area contributed by atoms with Gasteiger partial charge in [-0.15, -0.1) is 0 Å². The average molecular weight is 325 g/mol. The molecule has 2 heterocycles. The maximum Gasteiger partial charge on any atom is 0.224 e. The highest BCUT2D eigenvalue weighted by atomic mass is 79.9. The number of carbonyl (C=O) groups excluding carboxylic acids is 1. The Morgan fingerprint density at radius 3 is 3.11 bits per heavy atom. The number of carbonyl (C=O) groups is 1. The number of benzene rings is 1. The second-order valence-electron chi connectivity index (χ2n) is 4.45. The van der Waals surface area contributed by atoms with Crippen LogP contribution >= 0.6 is 15.9 Å². The van der Waals surface area contributed by atoms with Crippen molar-refractivity contribution in [3.63, 3.8) is 0 Å². The molecule has 1 amide bonds. The van der Waals surface area contributed by atoms with Gasteiger partial charge in [-0.2, -0.15) is 0 Å². The van der Waals surface area contributed by atoms with Gasteiger partial charge in [-0.3, -0.25) is 15.1 Å². The summed E-state index contributed by atoms with van der Waals surface area (Å²) in [6.07, 6.45) is 3.08. The number of nitrogens with one attached hydrogen (secondary N) is 2. The lowest BCUT2D eigenvalue weighted by Gasteiger charge is -2.18. The highest BCUT2D eigenvalue weighted by Gasteiger charge is 2.17. The molecular weight excluding hydrogens is 312 g/mol. The van der Waals surface area contributed by atoms with Gasteiger partial charge in [-0.1, -0.05) is 0 Å². The van der Waals surface area contributed by atoms with Crippen LogP contribution in [-0.2, 0) is 16.1 Å². The number of hydroxylamine groups is 1. The highest BCUT2D eigenvalue weighted by Crippen LogP contribution is 2.27. The van der Waals surface area contributed by atoms with Crippen LogP contribution in [0.2, 0.25) is 0 Å². The summed E-state index contributed by atoms with van der Waals surface area (Å²) in [5.41, 5.74) is 4.70. The van der Waals surface area contributed by atoms with E-state index < -0.39 is 0 Å². The number of anilines is 1. The molecule has 0 radical (unpaired) electrons. The van der Waals surface area contributed by atoms with Gasteiger partial charge in [0.25, 0.3) is 0 Å². The molecule has 0 spiro atoms. The monoisotopic (exact) mass is 324 g/mol.